The van der Waals surface area contributed by atoms with Gasteiger partial charge in [-0.25, -0.2) is 19.6 Å². The van der Waals surface area contributed by atoms with E-state index in [0.717, 1.165) is 64.2 Å². The quantitative estimate of drug-likeness (QED) is 0.147. The van der Waals surface area contributed by atoms with E-state index in [-0.39, 0.29) is 37.0 Å². The van der Waals surface area contributed by atoms with Gasteiger partial charge < -0.3 is 34.9 Å². The maximum atomic E-state index is 13.3. The smallest absolute Gasteiger partial charge is 0.407 e. The predicted molar refractivity (Wildman–Crippen MR) is 194 cm³/mol. The first-order valence-electron chi connectivity index (χ1n) is 17.9. The number of carbonyl (C=O) groups is 4. The molecule has 14 nitrogen and oxygen atoms in total. The number of nitrogens with zero attached hydrogens (tertiary/aromatic N) is 5. The molecular weight excluding hydrogens is 664 g/mol. The Balaban J connectivity index is 1.09. The summed E-state index contributed by atoms with van der Waals surface area (Å²) >= 11 is 0. The number of likely N-dealkylation sites (N-methyl/N-ethyl adjacent to an activating group) is 1. The van der Waals surface area contributed by atoms with Gasteiger partial charge in [-0.2, -0.15) is 0 Å². The number of imidazole rings is 2. The molecule has 2 aromatic carbocycles. The number of carbonyl (C=O) groups excluding carboxylic acids is 3. The summed E-state index contributed by atoms with van der Waals surface area (Å²) in [6.45, 7) is 8.37. The van der Waals surface area contributed by atoms with Crippen LogP contribution in [0.5, 0.6) is 0 Å². The van der Waals surface area contributed by atoms with Crippen molar-refractivity contribution in [2.24, 2.45) is 0 Å². The van der Waals surface area contributed by atoms with Crippen molar-refractivity contribution in [2.45, 2.75) is 77.5 Å². The van der Waals surface area contributed by atoms with E-state index in [9.17, 15) is 24.3 Å². The van der Waals surface area contributed by atoms with Crippen molar-refractivity contribution < 1.29 is 29.0 Å². The highest BCUT2D eigenvalue weighted by molar-refractivity contribution is 5.86. The van der Waals surface area contributed by atoms with Crippen molar-refractivity contribution in [3.8, 4) is 33.6 Å². The Bertz CT molecular complexity index is 1890. The molecule has 6 rings (SSSR count). The minimum atomic E-state index is -1.11. The second kappa shape index (κ2) is 15.7. The van der Waals surface area contributed by atoms with E-state index in [1.54, 1.807) is 49.9 Å². The molecule has 2 aromatic heterocycles. The Hall–Kier alpha value is -5.66. The first kappa shape index (κ1) is 36.1. The van der Waals surface area contributed by atoms with Gasteiger partial charge in [0.1, 0.15) is 23.7 Å². The lowest BCUT2D eigenvalue weighted by atomic mass is 10.0. The van der Waals surface area contributed by atoms with Crippen LogP contribution in [0.3, 0.4) is 0 Å². The van der Waals surface area contributed by atoms with E-state index in [1.165, 1.54) is 0 Å². The zero-order valence-corrected chi connectivity index (χ0v) is 30.0. The molecule has 0 spiro atoms. The van der Waals surface area contributed by atoms with Gasteiger partial charge in [-0.05, 0) is 75.6 Å². The molecule has 0 radical (unpaired) electrons. The number of aromatic nitrogens is 4. The molecule has 0 aliphatic carbocycles. The summed E-state index contributed by atoms with van der Waals surface area (Å²) < 4.78 is 4.93. The average Bonchev–Trinajstić information content (AvgIpc) is 3.98. The van der Waals surface area contributed by atoms with Crippen LogP contribution in [0, 0.1) is 0 Å². The van der Waals surface area contributed by atoms with E-state index in [0.29, 0.717) is 24.7 Å². The van der Waals surface area contributed by atoms with E-state index >= 15 is 0 Å². The SMILES string of the molecule is CCOC(=O)N[C@@H](C)C(=O)N1CCCC1c1ncc(-c2ccc(-c3ccc(-c4cnc([C@@H]5CCCN5C(=O)[C@@H](C)N(CC)C(=O)O)[nH]4)cc3)cc2)[nH]1. The third-order valence-electron chi connectivity index (χ3n) is 10.0. The third kappa shape index (κ3) is 7.51. The molecule has 2 aliphatic rings. The Morgan fingerprint density at radius 2 is 1.27 bits per heavy atom. The van der Waals surface area contributed by atoms with Gasteiger partial charge in [0.2, 0.25) is 11.8 Å². The van der Waals surface area contributed by atoms with Gasteiger partial charge in [-0.1, -0.05) is 48.5 Å². The maximum absolute atomic E-state index is 13.3. The molecule has 4 aromatic rings. The number of carboxylic acid groups (broad SMARTS) is 1. The number of aromatic amines is 2. The van der Waals surface area contributed by atoms with Gasteiger partial charge in [0.15, 0.2) is 0 Å². The summed E-state index contributed by atoms with van der Waals surface area (Å²) in [7, 11) is 0. The van der Waals surface area contributed by atoms with Crippen molar-refractivity contribution in [2.75, 3.05) is 26.2 Å². The van der Waals surface area contributed by atoms with Crippen LogP contribution >= 0.6 is 0 Å². The zero-order chi connectivity index (χ0) is 36.9. The second-order valence-corrected chi connectivity index (χ2v) is 13.2. The number of H-pyrrole nitrogens is 2. The number of hydrogen-bond acceptors (Lipinski definition) is 7. The molecule has 4 amide bonds. The van der Waals surface area contributed by atoms with E-state index in [4.69, 9.17) is 4.74 Å². The third-order valence-corrected chi connectivity index (χ3v) is 10.0. The normalized spacial score (nSPS) is 18.2. The van der Waals surface area contributed by atoms with Crippen molar-refractivity contribution in [1.82, 2.24) is 40.0 Å². The molecule has 0 bridgehead atoms. The van der Waals surface area contributed by atoms with Crippen molar-refractivity contribution in [3.05, 3.63) is 72.6 Å². The lowest BCUT2D eigenvalue weighted by Gasteiger charge is -2.31. The second-order valence-electron chi connectivity index (χ2n) is 13.2. The van der Waals surface area contributed by atoms with Crippen molar-refractivity contribution in [1.29, 1.82) is 0 Å². The first-order valence-corrected chi connectivity index (χ1v) is 17.9. The van der Waals surface area contributed by atoms with Crippen LogP contribution in [-0.2, 0) is 14.3 Å². The lowest BCUT2D eigenvalue weighted by molar-refractivity contribution is -0.137. The number of hydrogen-bond donors (Lipinski definition) is 4. The highest BCUT2D eigenvalue weighted by Crippen LogP contribution is 2.34. The van der Waals surface area contributed by atoms with Crippen LogP contribution in [0.4, 0.5) is 9.59 Å². The van der Waals surface area contributed by atoms with Crippen LogP contribution in [0.15, 0.2) is 60.9 Å². The van der Waals surface area contributed by atoms with Gasteiger partial charge in [0, 0.05) is 19.6 Å². The fourth-order valence-corrected chi connectivity index (χ4v) is 7.23. The van der Waals surface area contributed by atoms with Crippen molar-refractivity contribution >= 4 is 24.0 Å². The minimum absolute atomic E-state index is 0.169. The number of nitrogens with one attached hydrogen (secondary N) is 3. The molecule has 2 aliphatic heterocycles. The molecule has 52 heavy (non-hydrogen) atoms. The predicted octanol–water partition coefficient (Wildman–Crippen LogP) is 5.98. The highest BCUT2D eigenvalue weighted by atomic mass is 16.5. The molecule has 4 heterocycles. The number of likely N-dealkylation sites (tertiary alicyclic amines) is 2. The monoisotopic (exact) mass is 710 g/mol. The molecule has 0 saturated carbocycles. The first-order chi connectivity index (χ1) is 25.1. The lowest BCUT2D eigenvalue weighted by Crippen LogP contribution is -2.48. The fraction of sp³-hybridized carbons (Fsp3) is 0.421. The van der Waals surface area contributed by atoms with Gasteiger partial charge >= 0.3 is 12.2 Å². The minimum Gasteiger partial charge on any atom is -0.465 e. The summed E-state index contributed by atoms with van der Waals surface area (Å²) in [6, 6.07) is 14.5. The van der Waals surface area contributed by atoms with Crippen LogP contribution in [0.25, 0.3) is 33.6 Å². The number of alkyl carbamates (subject to hydrolysis) is 1. The average molecular weight is 711 g/mol. The van der Waals surface area contributed by atoms with Crippen LogP contribution in [0.1, 0.15) is 77.1 Å². The molecule has 14 heteroatoms. The number of rotatable bonds is 11. The number of benzene rings is 2. The van der Waals surface area contributed by atoms with Crippen molar-refractivity contribution in [3.63, 3.8) is 0 Å². The van der Waals surface area contributed by atoms with Gasteiger partial charge in [-0.3, -0.25) is 14.5 Å². The van der Waals surface area contributed by atoms with E-state index in [1.807, 2.05) is 24.3 Å². The zero-order valence-electron chi connectivity index (χ0n) is 30.0. The Labute approximate surface area is 302 Å². The Kier molecular flexibility index (Phi) is 10.9. The van der Waals surface area contributed by atoms with Crippen LogP contribution in [0.2, 0.25) is 0 Å². The van der Waals surface area contributed by atoms with Gasteiger partial charge in [0.25, 0.3) is 0 Å². The molecule has 1 unspecified atom stereocenters. The summed E-state index contributed by atoms with van der Waals surface area (Å²) in [6.07, 6.45) is 5.06. The molecule has 2 fully saturated rings. The summed E-state index contributed by atoms with van der Waals surface area (Å²) in [5.41, 5.74) is 5.72. The molecular formula is C38H46N8O6. The number of ether oxygens (including phenoxy) is 1. The molecule has 4 N–H and O–H groups in total. The largest absolute Gasteiger partial charge is 0.465 e. The maximum Gasteiger partial charge on any atom is 0.407 e. The van der Waals surface area contributed by atoms with Crippen LogP contribution < -0.4 is 5.32 Å². The van der Waals surface area contributed by atoms with E-state index < -0.39 is 24.3 Å². The number of amides is 4. The standard InChI is InChI=1S/C38H46N8O6/c1-5-44(38(50)51)24(4)36(48)46-20-8-10-32(46)34-40-22-30(43-34)28-17-13-26(14-18-28)25-11-15-27(16-12-25)29-21-39-33(42-29)31-9-7-19-45(31)35(47)23(3)41-37(49)52-6-2/h11-18,21-24,31-32H,5-10,19-20H2,1-4H3,(H,39,42)(H,40,43)(H,41,49)(H,50,51)/t23-,24+,31?,32-/m0/s1. The highest BCUT2D eigenvalue weighted by Gasteiger charge is 2.37. The van der Waals surface area contributed by atoms with Gasteiger partial charge in [-0.15, -0.1) is 0 Å². The fourth-order valence-electron chi connectivity index (χ4n) is 7.23. The summed E-state index contributed by atoms with van der Waals surface area (Å²) in [5.74, 6) is 1.03. The van der Waals surface area contributed by atoms with E-state index in [2.05, 4.69) is 49.5 Å². The van der Waals surface area contributed by atoms with Gasteiger partial charge in [0.05, 0.1) is 42.5 Å². The molecule has 4 atom stereocenters. The van der Waals surface area contributed by atoms with Crippen LogP contribution in [-0.4, -0.2) is 102 Å². The molecule has 274 valence electrons. The Morgan fingerprint density at radius 3 is 1.71 bits per heavy atom. The molecule has 2 saturated heterocycles. The summed E-state index contributed by atoms with van der Waals surface area (Å²) in [5, 5.41) is 12.1. The topological polar surface area (TPSA) is 177 Å². The Morgan fingerprint density at radius 1 is 0.808 bits per heavy atom. The summed E-state index contributed by atoms with van der Waals surface area (Å²) in [4.78, 5) is 70.6.